The molecular formula is C20H18N10O2. The van der Waals surface area contributed by atoms with Gasteiger partial charge in [0.25, 0.3) is 5.91 Å². The van der Waals surface area contributed by atoms with E-state index in [1.54, 1.807) is 28.8 Å². The van der Waals surface area contributed by atoms with Crippen LogP contribution in [0.5, 0.6) is 0 Å². The molecule has 3 heterocycles. The maximum atomic E-state index is 12.3. The minimum atomic E-state index is -0.447. The van der Waals surface area contributed by atoms with Crippen LogP contribution in [0.1, 0.15) is 39.3 Å². The van der Waals surface area contributed by atoms with Crippen LogP contribution in [-0.2, 0) is 11.2 Å². The fraction of sp³-hybridized carbons (Fsp3) is 0.200. The lowest BCUT2D eigenvalue weighted by Gasteiger charge is -2.12. The Hall–Kier alpha value is -4.66. The fourth-order valence-electron chi connectivity index (χ4n) is 3.30. The predicted molar refractivity (Wildman–Crippen MR) is 110 cm³/mol. The summed E-state index contributed by atoms with van der Waals surface area (Å²) < 4.78 is 3.06. The number of carbonyl (C=O) groups excluding carboxylic acids is 2. The Labute approximate surface area is 181 Å². The van der Waals surface area contributed by atoms with E-state index in [9.17, 15) is 9.59 Å². The second-order valence-corrected chi connectivity index (χ2v) is 6.97. The molecule has 0 aliphatic heterocycles. The van der Waals surface area contributed by atoms with Gasteiger partial charge in [-0.3, -0.25) is 20.4 Å². The number of amides is 2. The number of aromatic nitrogens is 7. The lowest BCUT2D eigenvalue weighted by atomic mass is 10.1. The summed E-state index contributed by atoms with van der Waals surface area (Å²) in [6.07, 6.45) is 3.46. The molecule has 2 amide bonds. The van der Waals surface area contributed by atoms with Crippen LogP contribution in [0, 0.1) is 25.2 Å². The summed E-state index contributed by atoms with van der Waals surface area (Å²) in [7, 11) is 0. The number of nitrogens with one attached hydrogen (secondary N) is 2. The molecule has 4 aromatic rings. The Morgan fingerprint density at radius 1 is 1.16 bits per heavy atom. The first-order valence-electron chi connectivity index (χ1n) is 9.64. The predicted octanol–water partition coefficient (Wildman–Crippen LogP) is 0.587. The first-order valence-corrected chi connectivity index (χ1v) is 9.64. The number of nitriles is 1. The van der Waals surface area contributed by atoms with Crippen molar-refractivity contribution >= 4 is 17.5 Å². The molecule has 0 unspecified atom stereocenters. The molecule has 12 heteroatoms. The molecule has 160 valence electrons. The van der Waals surface area contributed by atoms with Crippen molar-refractivity contribution in [2.45, 2.75) is 26.7 Å². The summed E-state index contributed by atoms with van der Waals surface area (Å²) in [5, 5.41) is 24.2. The van der Waals surface area contributed by atoms with Gasteiger partial charge in [-0.25, -0.2) is 14.2 Å². The quantitative estimate of drug-likeness (QED) is 0.436. The van der Waals surface area contributed by atoms with Gasteiger partial charge < -0.3 is 0 Å². The molecule has 0 fully saturated rings. The second kappa shape index (κ2) is 8.60. The van der Waals surface area contributed by atoms with Crippen LogP contribution < -0.4 is 10.9 Å². The number of aryl methyl sites for hydroxylation is 2. The van der Waals surface area contributed by atoms with Crippen LogP contribution in [0.25, 0.3) is 11.3 Å². The van der Waals surface area contributed by atoms with Crippen molar-refractivity contribution in [2.24, 2.45) is 0 Å². The molecule has 2 N–H and O–H groups in total. The first-order chi connectivity index (χ1) is 15.5. The van der Waals surface area contributed by atoms with Gasteiger partial charge in [-0.15, -0.1) is 5.10 Å². The Bertz CT molecular complexity index is 1330. The highest BCUT2D eigenvalue weighted by molar-refractivity contribution is 5.95. The lowest BCUT2D eigenvalue weighted by molar-refractivity contribution is -0.121. The van der Waals surface area contributed by atoms with Crippen LogP contribution in [0.4, 0.5) is 0 Å². The van der Waals surface area contributed by atoms with Crippen molar-refractivity contribution in [3.63, 3.8) is 0 Å². The molecule has 1 aromatic carbocycles. The molecule has 0 saturated carbocycles. The Kier molecular flexibility index (Phi) is 5.54. The van der Waals surface area contributed by atoms with Gasteiger partial charge in [0.05, 0.1) is 11.9 Å². The van der Waals surface area contributed by atoms with E-state index in [2.05, 4.69) is 42.5 Å². The van der Waals surface area contributed by atoms with E-state index in [1.165, 1.54) is 17.2 Å². The van der Waals surface area contributed by atoms with Gasteiger partial charge >= 0.3 is 0 Å². The minimum absolute atomic E-state index is 0.139. The molecule has 0 atom stereocenters. The van der Waals surface area contributed by atoms with Gasteiger partial charge in [0.15, 0.2) is 5.65 Å². The molecule has 0 spiro atoms. The third-order valence-electron chi connectivity index (χ3n) is 4.99. The SMILES string of the molecule is Cc1nc2c(C#N)cnn2c(C)c1CCC(=O)NNC(=O)c1ccc(-n2cnnn2)cc1. The normalized spacial score (nSPS) is 10.7. The third kappa shape index (κ3) is 3.99. The van der Waals surface area contributed by atoms with Crippen molar-refractivity contribution in [3.8, 4) is 11.8 Å². The van der Waals surface area contributed by atoms with Gasteiger partial charge in [-0.05, 0) is 60.5 Å². The lowest BCUT2D eigenvalue weighted by Crippen LogP contribution is -2.41. The minimum Gasteiger partial charge on any atom is -0.273 e. The van der Waals surface area contributed by atoms with Crippen molar-refractivity contribution in [1.29, 1.82) is 5.26 Å². The van der Waals surface area contributed by atoms with Gasteiger partial charge in [-0.1, -0.05) is 0 Å². The first kappa shape index (κ1) is 20.6. The highest BCUT2D eigenvalue weighted by Gasteiger charge is 2.15. The number of tetrazole rings is 1. The summed E-state index contributed by atoms with van der Waals surface area (Å²) in [6, 6.07) is 8.65. The molecule has 0 aliphatic carbocycles. The third-order valence-corrected chi connectivity index (χ3v) is 4.99. The average Bonchev–Trinajstić information content (AvgIpc) is 3.47. The van der Waals surface area contributed by atoms with E-state index in [-0.39, 0.29) is 12.3 Å². The fourth-order valence-corrected chi connectivity index (χ4v) is 3.30. The number of nitrogens with zero attached hydrogens (tertiary/aromatic N) is 8. The largest absolute Gasteiger partial charge is 0.273 e. The molecule has 32 heavy (non-hydrogen) atoms. The zero-order valence-electron chi connectivity index (χ0n) is 17.3. The average molecular weight is 430 g/mol. The molecule has 3 aromatic heterocycles. The zero-order chi connectivity index (χ0) is 22.7. The summed E-state index contributed by atoms with van der Waals surface area (Å²) in [6.45, 7) is 3.69. The van der Waals surface area contributed by atoms with Gasteiger partial charge in [-0.2, -0.15) is 10.4 Å². The number of rotatable bonds is 5. The van der Waals surface area contributed by atoms with Crippen molar-refractivity contribution in [2.75, 3.05) is 0 Å². The monoisotopic (exact) mass is 430 g/mol. The standard InChI is InChI=1S/C20H18N10O2/c1-12-17(13(2)30-19(24-12)15(9-21)10-23-30)7-8-18(31)25-26-20(32)14-3-5-16(6-4-14)29-11-22-27-28-29/h3-6,10-11H,7-8H2,1-2H3,(H,25,31)(H,26,32). The number of carbonyl (C=O) groups is 2. The van der Waals surface area contributed by atoms with Crippen LogP contribution in [-0.4, -0.2) is 46.6 Å². The summed E-state index contributed by atoms with van der Waals surface area (Å²) >= 11 is 0. The van der Waals surface area contributed by atoms with E-state index < -0.39 is 5.91 Å². The zero-order valence-corrected chi connectivity index (χ0v) is 17.3. The second-order valence-electron chi connectivity index (χ2n) is 6.97. The smallest absolute Gasteiger partial charge is 0.269 e. The maximum Gasteiger partial charge on any atom is 0.269 e. The number of hydrogen-bond donors (Lipinski definition) is 2. The van der Waals surface area contributed by atoms with Crippen LogP contribution >= 0.6 is 0 Å². The Balaban J connectivity index is 1.34. The van der Waals surface area contributed by atoms with Crippen molar-refractivity contribution < 1.29 is 9.59 Å². The van der Waals surface area contributed by atoms with Crippen molar-refractivity contribution in [3.05, 3.63) is 64.9 Å². The maximum absolute atomic E-state index is 12.3. The number of benzene rings is 1. The topological polar surface area (TPSA) is 156 Å². The molecule has 4 rings (SSSR count). The van der Waals surface area contributed by atoms with Gasteiger partial charge in [0.1, 0.15) is 18.0 Å². The summed E-state index contributed by atoms with van der Waals surface area (Å²) in [4.78, 5) is 29.0. The number of hydrazine groups is 1. The molecule has 0 saturated heterocycles. The van der Waals surface area contributed by atoms with Crippen LogP contribution in [0.3, 0.4) is 0 Å². The molecule has 0 aliphatic rings. The van der Waals surface area contributed by atoms with Gasteiger partial charge in [0.2, 0.25) is 5.91 Å². The molecular weight excluding hydrogens is 412 g/mol. The van der Waals surface area contributed by atoms with Gasteiger partial charge in [0, 0.05) is 23.4 Å². The molecule has 12 nitrogen and oxygen atoms in total. The Morgan fingerprint density at radius 3 is 2.62 bits per heavy atom. The molecule has 0 radical (unpaired) electrons. The van der Waals surface area contributed by atoms with E-state index in [0.29, 0.717) is 28.9 Å². The van der Waals surface area contributed by atoms with E-state index in [1.807, 2.05) is 13.8 Å². The van der Waals surface area contributed by atoms with E-state index in [4.69, 9.17) is 5.26 Å². The highest BCUT2D eigenvalue weighted by Crippen LogP contribution is 2.18. The Morgan fingerprint density at radius 2 is 1.94 bits per heavy atom. The summed E-state index contributed by atoms with van der Waals surface area (Å²) in [5.74, 6) is -0.793. The van der Waals surface area contributed by atoms with E-state index >= 15 is 0 Å². The van der Waals surface area contributed by atoms with Crippen molar-refractivity contribution in [1.82, 2.24) is 45.7 Å². The summed E-state index contributed by atoms with van der Waals surface area (Å²) in [5.41, 5.74) is 9.19. The van der Waals surface area contributed by atoms with E-state index in [0.717, 1.165) is 17.0 Å². The number of hydrogen-bond acceptors (Lipinski definition) is 8. The van der Waals surface area contributed by atoms with Crippen LogP contribution in [0.15, 0.2) is 36.8 Å². The number of fused-ring (bicyclic) bond motifs is 1. The molecule has 0 bridgehead atoms. The van der Waals surface area contributed by atoms with Crippen LogP contribution in [0.2, 0.25) is 0 Å². The highest BCUT2D eigenvalue weighted by atomic mass is 16.2.